The van der Waals surface area contributed by atoms with Crippen LogP contribution in [0.4, 0.5) is 0 Å². The van der Waals surface area contributed by atoms with Crippen molar-refractivity contribution in [1.82, 2.24) is 19.8 Å². The van der Waals surface area contributed by atoms with Crippen molar-refractivity contribution in [3.63, 3.8) is 0 Å². The lowest BCUT2D eigenvalue weighted by molar-refractivity contribution is -0.132. The number of carbonyl (C=O) groups is 1. The van der Waals surface area contributed by atoms with Gasteiger partial charge in [-0.3, -0.25) is 9.69 Å². The van der Waals surface area contributed by atoms with Gasteiger partial charge in [0.15, 0.2) is 5.65 Å². The van der Waals surface area contributed by atoms with Gasteiger partial charge in [-0.05, 0) is 43.2 Å². The maximum absolute atomic E-state index is 11.8. The number of thiazole rings is 1. The number of nitrogens with zero attached hydrogens (tertiary/aromatic N) is 4. The molecular weight excluding hydrogens is 412 g/mol. The third-order valence-corrected chi connectivity index (χ3v) is 7.20. The van der Waals surface area contributed by atoms with Crippen LogP contribution in [0.15, 0.2) is 47.0 Å². The van der Waals surface area contributed by atoms with Gasteiger partial charge in [-0.25, -0.2) is 4.98 Å². The molecule has 4 aromatic rings. The second kappa shape index (κ2) is 7.32. The number of piperazine rings is 1. The molecule has 8 heteroatoms. The third-order valence-electron chi connectivity index (χ3n) is 6.31. The minimum atomic E-state index is 0.178. The zero-order valence-corrected chi connectivity index (χ0v) is 18.0. The second-order valence-electron chi connectivity index (χ2n) is 8.30. The molecule has 31 heavy (non-hydrogen) atoms. The van der Waals surface area contributed by atoms with Crippen LogP contribution in [0.5, 0.6) is 10.9 Å². The maximum atomic E-state index is 11.8. The Balaban J connectivity index is 1.20. The van der Waals surface area contributed by atoms with Crippen molar-refractivity contribution in [1.29, 1.82) is 0 Å². The van der Waals surface area contributed by atoms with Crippen molar-refractivity contribution in [2.75, 3.05) is 13.1 Å². The first-order chi connectivity index (χ1) is 15.1. The van der Waals surface area contributed by atoms with Gasteiger partial charge in [0.05, 0.1) is 11.2 Å². The Kier molecular flexibility index (Phi) is 4.43. The van der Waals surface area contributed by atoms with E-state index >= 15 is 0 Å². The number of rotatable bonds is 4. The van der Waals surface area contributed by atoms with Crippen molar-refractivity contribution in [2.24, 2.45) is 0 Å². The van der Waals surface area contributed by atoms with Gasteiger partial charge in [0, 0.05) is 49.7 Å². The van der Waals surface area contributed by atoms with Gasteiger partial charge < -0.3 is 14.1 Å². The van der Waals surface area contributed by atoms with Crippen LogP contribution in [0, 0.1) is 0 Å². The second-order valence-corrected chi connectivity index (χ2v) is 9.29. The minimum absolute atomic E-state index is 0.178. The molecule has 1 amide bonds. The third kappa shape index (κ3) is 3.45. The summed E-state index contributed by atoms with van der Waals surface area (Å²) < 4.78 is 13.1. The van der Waals surface area contributed by atoms with Crippen molar-refractivity contribution in [3.05, 3.63) is 48.4 Å². The molecule has 1 aromatic carbocycles. The summed E-state index contributed by atoms with van der Waals surface area (Å²) in [5.74, 6) is 1.82. The number of aromatic nitrogens is 2. The van der Waals surface area contributed by atoms with E-state index in [0.717, 1.165) is 53.9 Å². The molecule has 0 unspecified atom stereocenters. The van der Waals surface area contributed by atoms with Crippen LogP contribution in [0.2, 0.25) is 0 Å². The average Bonchev–Trinajstić information content (AvgIpc) is 3.40. The highest BCUT2D eigenvalue weighted by Crippen LogP contribution is 2.35. The number of pyridine rings is 1. The zero-order valence-electron chi connectivity index (χ0n) is 17.2. The highest BCUT2D eigenvalue weighted by Gasteiger charge is 2.40. The van der Waals surface area contributed by atoms with Gasteiger partial charge in [-0.2, -0.15) is 4.98 Å². The molecule has 0 saturated carbocycles. The standard InChI is InChI=1S/C23H22N4O3S/c1-14(28)26-11-16-5-6-17(12-26)27(16)13-19-9-15-4-7-18(10-20(15)29-19)30-23-25-22-21(31-23)3-2-8-24-22/h2-4,7-10,16-17H,5-6,11-13H2,1H3/t16-,17+. The van der Waals surface area contributed by atoms with Crippen LogP contribution in [0.1, 0.15) is 25.5 Å². The van der Waals surface area contributed by atoms with E-state index in [4.69, 9.17) is 9.15 Å². The summed E-state index contributed by atoms with van der Waals surface area (Å²) in [6.45, 7) is 4.08. The maximum Gasteiger partial charge on any atom is 0.281 e. The van der Waals surface area contributed by atoms with Crippen LogP contribution in [0.3, 0.4) is 0 Å². The van der Waals surface area contributed by atoms with Crippen molar-refractivity contribution < 1.29 is 13.9 Å². The van der Waals surface area contributed by atoms with Crippen LogP contribution >= 0.6 is 11.3 Å². The van der Waals surface area contributed by atoms with E-state index in [0.29, 0.717) is 28.7 Å². The fraction of sp³-hybridized carbons (Fsp3) is 0.348. The molecule has 2 atom stereocenters. The number of amides is 1. The number of fused-ring (bicyclic) bond motifs is 4. The van der Waals surface area contributed by atoms with Crippen molar-refractivity contribution >= 4 is 38.6 Å². The average molecular weight is 435 g/mol. The van der Waals surface area contributed by atoms with Crippen LogP contribution in [-0.4, -0.2) is 50.8 Å². The molecule has 2 fully saturated rings. The number of ether oxygens (including phenoxy) is 1. The molecule has 0 spiro atoms. The molecular formula is C23H22N4O3S. The molecule has 3 aromatic heterocycles. The van der Waals surface area contributed by atoms with Gasteiger partial charge in [-0.15, -0.1) is 0 Å². The van der Waals surface area contributed by atoms with Crippen LogP contribution < -0.4 is 4.74 Å². The van der Waals surface area contributed by atoms with Crippen molar-refractivity contribution in [2.45, 2.75) is 38.4 Å². The summed E-state index contributed by atoms with van der Waals surface area (Å²) in [7, 11) is 0. The van der Waals surface area contributed by atoms with Crippen molar-refractivity contribution in [3.8, 4) is 10.9 Å². The van der Waals surface area contributed by atoms with E-state index in [1.54, 1.807) is 13.1 Å². The molecule has 5 heterocycles. The summed E-state index contributed by atoms with van der Waals surface area (Å²) in [6, 6.07) is 12.7. The highest BCUT2D eigenvalue weighted by molar-refractivity contribution is 7.20. The fourth-order valence-electron chi connectivity index (χ4n) is 4.79. The Hall–Kier alpha value is -2.97. The number of hydrogen-bond donors (Lipinski definition) is 0. The lowest BCUT2D eigenvalue weighted by atomic mass is 10.1. The lowest BCUT2D eigenvalue weighted by Crippen LogP contribution is -2.54. The summed E-state index contributed by atoms with van der Waals surface area (Å²) in [5, 5.41) is 1.63. The number of likely N-dealkylation sites (tertiary alicyclic amines) is 1. The van der Waals surface area contributed by atoms with E-state index in [1.165, 1.54) is 11.3 Å². The highest BCUT2D eigenvalue weighted by atomic mass is 32.1. The van der Waals surface area contributed by atoms with Crippen LogP contribution in [0.25, 0.3) is 21.3 Å². The zero-order chi connectivity index (χ0) is 20.9. The number of carbonyl (C=O) groups excluding carboxylic acids is 1. The number of hydrogen-bond acceptors (Lipinski definition) is 7. The predicted molar refractivity (Wildman–Crippen MR) is 118 cm³/mol. The normalized spacial score (nSPS) is 21.3. The van der Waals surface area contributed by atoms with E-state index in [1.807, 2.05) is 35.2 Å². The Bertz CT molecular complexity index is 1240. The molecule has 0 N–H and O–H groups in total. The Labute approximate surface area is 183 Å². The molecule has 2 aliphatic rings. The first-order valence-electron chi connectivity index (χ1n) is 10.6. The molecule has 6 rings (SSSR count). The predicted octanol–water partition coefficient (Wildman–Crippen LogP) is 4.42. The van der Waals surface area contributed by atoms with Gasteiger partial charge in [0.2, 0.25) is 5.91 Å². The van der Waals surface area contributed by atoms with Gasteiger partial charge in [-0.1, -0.05) is 11.3 Å². The van der Waals surface area contributed by atoms with E-state index in [-0.39, 0.29) is 5.91 Å². The summed E-state index contributed by atoms with van der Waals surface area (Å²) >= 11 is 1.47. The van der Waals surface area contributed by atoms with Gasteiger partial charge in [0.25, 0.3) is 5.19 Å². The summed E-state index contributed by atoms with van der Waals surface area (Å²) in [4.78, 5) is 25.0. The Morgan fingerprint density at radius 1 is 1.23 bits per heavy atom. The molecule has 2 bridgehead atoms. The molecule has 0 aliphatic carbocycles. The molecule has 2 aliphatic heterocycles. The Morgan fingerprint density at radius 2 is 2.06 bits per heavy atom. The summed E-state index contributed by atoms with van der Waals surface area (Å²) in [6.07, 6.45) is 4.02. The van der Waals surface area contributed by atoms with E-state index < -0.39 is 0 Å². The number of furan rings is 1. The Morgan fingerprint density at radius 3 is 2.84 bits per heavy atom. The van der Waals surface area contributed by atoms with E-state index in [9.17, 15) is 4.79 Å². The molecule has 7 nitrogen and oxygen atoms in total. The fourth-order valence-corrected chi connectivity index (χ4v) is 5.58. The quantitative estimate of drug-likeness (QED) is 0.473. The number of benzene rings is 1. The minimum Gasteiger partial charge on any atom is -0.460 e. The molecule has 0 radical (unpaired) electrons. The van der Waals surface area contributed by atoms with Gasteiger partial charge >= 0.3 is 0 Å². The SMILES string of the molecule is CC(=O)N1C[C@H]2CC[C@@H](C1)N2Cc1cc2ccc(Oc3nc4ncccc4s3)cc2o1. The first-order valence-corrected chi connectivity index (χ1v) is 11.4. The molecule has 158 valence electrons. The largest absolute Gasteiger partial charge is 0.460 e. The monoisotopic (exact) mass is 434 g/mol. The first kappa shape index (κ1) is 18.8. The lowest BCUT2D eigenvalue weighted by Gasteiger charge is -2.40. The molecule has 2 saturated heterocycles. The van der Waals surface area contributed by atoms with Gasteiger partial charge in [0.1, 0.15) is 17.1 Å². The topological polar surface area (TPSA) is 71.7 Å². The van der Waals surface area contributed by atoms with E-state index in [2.05, 4.69) is 20.9 Å². The van der Waals surface area contributed by atoms with Crippen LogP contribution in [-0.2, 0) is 11.3 Å². The summed E-state index contributed by atoms with van der Waals surface area (Å²) in [5.41, 5.74) is 1.50. The smallest absolute Gasteiger partial charge is 0.281 e.